The normalized spacial score (nSPS) is 22.0. The van der Waals surface area contributed by atoms with E-state index in [0.29, 0.717) is 39.1 Å². The van der Waals surface area contributed by atoms with Crippen LogP contribution in [0, 0.1) is 5.92 Å². The Morgan fingerprint density at radius 3 is 3.00 bits per heavy atom. The van der Waals surface area contributed by atoms with Crippen molar-refractivity contribution in [2.75, 3.05) is 26.7 Å². The molecule has 3 atom stereocenters. The molecule has 0 saturated carbocycles. The van der Waals surface area contributed by atoms with Gasteiger partial charge in [0, 0.05) is 50.9 Å². The van der Waals surface area contributed by atoms with Gasteiger partial charge in [-0.3, -0.25) is 19.4 Å². The molecule has 0 fully saturated rings. The van der Waals surface area contributed by atoms with Crippen LogP contribution in [-0.4, -0.2) is 79.7 Å². The predicted molar refractivity (Wildman–Crippen MR) is 116 cm³/mol. The summed E-state index contributed by atoms with van der Waals surface area (Å²) in [6, 6.07) is 3.76. The fraction of sp³-hybridized carbons (Fsp3) is 0.636. The lowest BCUT2D eigenvalue weighted by Crippen LogP contribution is -2.47. The second-order valence-corrected chi connectivity index (χ2v) is 8.54. The smallest absolute Gasteiger partial charge is 0.222 e. The van der Waals surface area contributed by atoms with Crippen molar-refractivity contribution < 1.29 is 14.6 Å². The number of aliphatic hydroxyl groups is 1. The van der Waals surface area contributed by atoms with Gasteiger partial charge >= 0.3 is 0 Å². The molecular formula is C22H34N6O3. The van der Waals surface area contributed by atoms with Crippen molar-refractivity contribution in [1.29, 1.82) is 0 Å². The van der Waals surface area contributed by atoms with Gasteiger partial charge in [-0.05, 0) is 32.0 Å². The third-order valence-electron chi connectivity index (χ3n) is 5.71. The second-order valence-electron chi connectivity index (χ2n) is 8.54. The Labute approximate surface area is 184 Å². The third-order valence-corrected chi connectivity index (χ3v) is 5.71. The predicted octanol–water partition coefficient (Wildman–Crippen LogP) is 1.33. The standard InChI is InChI=1S/C22H34N6O3/c1-17-11-28(18(2)15-29)22(30)7-5-9-27-13-20(24-25-27)16-31-21(17)14-26(3)12-19-6-4-8-23-10-19/h4,6,8,10,13,17-18,21,29H,5,7,9,11-12,14-16H2,1-3H3/t17-,18+,21-/m0/s1. The average molecular weight is 431 g/mol. The van der Waals surface area contributed by atoms with Gasteiger partial charge in [0.15, 0.2) is 0 Å². The molecule has 31 heavy (non-hydrogen) atoms. The minimum Gasteiger partial charge on any atom is -0.394 e. The summed E-state index contributed by atoms with van der Waals surface area (Å²) in [7, 11) is 2.06. The Hall–Kier alpha value is -2.36. The van der Waals surface area contributed by atoms with Crippen molar-refractivity contribution in [2.24, 2.45) is 5.92 Å². The van der Waals surface area contributed by atoms with Crippen molar-refractivity contribution in [1.82, 2.24) is 29.8 Å². The molecule has 1 aliphatic heterocycles. The number of fused-ring (bicyclic) bond motifs is 2. The SMILES string of the molecule is C[C@H](CO)N1C[C@H](C)[C@H](CN(C)Cc2cccnc2)OCc2cn(nn2)CCCC1=O. The first-order chi connectivity index (χ1) is 15.0. The van der Waals surface area contributed by atoms with E-state index in [0.717, 1.165) is 17.8 Å². The van der Waals surface area contributed by atoms with Crippen LogP contribution in [0.3, 0.4) is 0 Å². The average Bonchev–Trinajstić information content (AvgIpc) is 3.22. The van der Waals surface area contributed by atoms with Crippen LogP contribution in [0.5, 0.6) is 0 Å². The van der Waals surface area contributed by atoms with Crippen molar-refractivity contribution in [3.63, 3.8) is 0 Å². The van der Waals surface area contributed by atoms with Gasteiger partial charge in [-0.25, -0.2) is 0 Å². The first-order valence-electron chi connectivity index (χ1n) is 10.9. The Morgan fingerprint density at radius 2 is 2.26 bits per heavy atom. The topological polar surface area (TPSA) is 96.6 Å². The Morgan fingerprint density at radius 1 is 1.42 bits per heavy atom. The first-order valence-corrected chi connectivity index (χ1v) is 10.9. The van der Waals surface area contributed by atoms with E-state index in [1.165, 1.54) is 0 Å². The molecule has 0 saturated heterocycles. The van der Waals surface area contributed by atoms with Crippen LogP contribution in [0.25, 0.3) is 0 Å². The number of aryl methyl sites for hydroxylation is 1. The van der Waals surface area contributed by atoms with E-state index >= 15 is 0 Å². The maximum atomic E-state index is 12.9. The van der Waals surface area contributed by atoms with Gasteiger partial charge in [-0.15, -0.1) is 5.10 Å². The maximum Gasteiger partial charge on any atom is 0.222 e. The number of ether oxygens (including phenoxy) is 1. The molecule has 2 aromatic heterocycles. The highest BCUT2D eigenvalue weighted by Gasteiger charge is 2.28. The van der Waals surface area contributed by atoms with E-state index in [-0.39, 0.29) is 30.6 Å². The molecule has 9 heteroatoms. The number of carbonyl (C=O) groups excluding carboxylic acids is 1. The van der Waals surface area contributed by atoms with Gasteiger partial charge in [0.05, 0.1) is 31.6 Å². The summed E-state index contributed by atoms with van der Waals surface area (Å²) in [5.74, 6) is 0.126. The van der Waals surface area contributed by atoms with Gasteiger partial charge in [0.1, 0.15) is 5.69 Å². The highest BCUT2D eigenvalue weighted by atomic mass is 16.5. The zero-order valence-electron chi connectivity index (χ0n) is 18.7. The molecule has 1 amide bonds. The lowest BCUT2D eigenvalue weighted by molar-refractivity contribution is -0.136. The second kappa shape index (κ2) is 11.3. The number of carbonyl (C=O) groups is 1. The van der Waals surface area contributed by atoms with E-state index < -0.39 is 0 Å². The fourth-order valence-electron chi connectivity index (χ4n) is 3.87. The fourth-order valence-corrected chi connectivity index (χ4v) is 3.87. The van der Waals surface area contributed by atoms with E-state index in [9.17, 15) is 9.90 Å². The van der Waals surface area contributed by atoms with E-state index in [1.807, 2.05) is 25.4 Å². The maximum absolute atomic E-state index is 12.9. The number of pyridine rings is 1. The molecule has 2 aromatic rings. The van der Waals surface area contributed by atoms with Crippen LogP contribution in [-0.2, 0) is 29.2 Å². The number of aliphatic hydroxyl groups excluding tert-OH is 1. The lowest BCUT2D eigenvalue weighted by Gasteiger charge is -2.35. The highest BCUT2D eigenvalue weighted by molar-refractivity contribution is 5.76. The number of rotatable bonds is 6. The van der Waals surface area contributed by atoms with Crippen molar-refractivity contribution >= 4 is 5.91 Å². The van der Waals surface area contributed by atoms with Crippen molar-refractivity contribution in [3.05, 3.63) is 42.0 Å². The molecule has 0 aromatic carbocycles. The minimum atomic E-state index is -0.230. The summed E-state index contributed by atoms with van der Waals surface area (Å²) in [4.78, 5) is 21.1. The Kier molecular flexibility index (Phi) is 8.51. The molecule has 1 N–H and O–H groups in total. The van der Waals surface area contributed by atoms with Crippen LogP contribution < -0.4 is 0 Å². The Bertz CT molecular complexity index is 815. The zero-order chi connectivity index (χ0) is 22.2. The number of amides is 1. The zero-order valence-corrected chi connectivity index (χ0v) is 18.7. The van der Waals surface area contributed by atoms with Crippen molar-refractivity contribution in [2.45, 2.75) is 58.5 Å². The molecule has 0 aliphatic carbocycles. The van der Waals surface area contributed by atoms with Gasteiger partial charge in [-0.1, -0.05) is 18.2 Å². The number of likely N-dealkylation sites (N-methyl/N-ethyl adjacent to an activating group) is 1. The van der Waals surface area contributed by atoms with Gasteiger partial charge in [-0.2, -0.15) is 0 Å². The molecule has 0 spiro atoms. The summed E-state index contributed by atoms with van der Waals surface area (Å²) in [5.41, 5.74) is 1.93. The minimum absolute atomic E-state index is 0.0513. The van der Waals surface area contributed by atoms with Crippen LogP contribution in [0.2, 0.25) is 0 Å². The number of aromatic nitrogens is 4. The third kappa shape index (κ3) is 6.81. The summed E-state index contributed by atoms with van der Waals surface area (Å²) >= 11 is 0. The quantitative estimate of drug-likeness (QED) is 0.738. The van der Waals surface area contributed by atoms with Gasteiger partial charge in [0.25, 0.3) is 0 Å². The largest absolute Gasteiger partial charge is 0.394 e. The van der Waals surface area contributed by atoms with E-state index in [2.05, 4.69) is 40.2 Å². The first kappa shape index (κ1) is 23.3. The van der Waals surface area contributed by atoms with E-state index in [1.54, 1.807) is 15.8 Å². The molecular weight excluding hydrogens is 396 g/mol. The van der Waals surface area contributed by atoms with Crippen LogP contribution >= 0.6 is 0 Å². The molecule has 3 heterocycles. The molecule has 0 radical (unpaired) electrons. The summed E-state index contributed by atoms with van der Waals surface area (Å²) in [6.07, 6.45) is 6.51. The summed E-state index contributed by atoms with van der Waals surface area (Å²) in [5, 5.41) is 18.1. The highest BCUT2D eigenvalue weighted by Crippen LogP contribution is 2.18. The van der Waals surface area contributed by atoms with Gasteiger partial charge < -0.3 is 14.7 Å². The monoisotopic (exact) mass is 430 g/mol. The van der Waals surface area contributed by atoms with Crippen molar-refractivity contribution in [3.8, 4) is 0 Å². The molecule has 0 unspecified atom stereocenters. The Balaban J connectivity index is 1.76. The van der Waals surface area contributed by atoms with Crippen LogP contribution in [0.1, 0.15) is 37.9 Å². The number of hydrogen-bond acceptors (Lipinski definition) is 7. The molecule has 3 rings (SSSR count). The lowest BCUT2D eigenvalue weighted by atomic mass is 10.0. The molecule has 9 nitrogen and oxygen atoms in total. The van der Waals surface area contributed by atoms with Gasteiger partial charge in [0.2, 0.25) is 5.91 Å². The summed E-state index contributed by atoms with van der Waals surface area (Å²) < 4.78 is 8.06. The van der Waals surface area contributed by atoms with E-state index in [4.69, 9.17) is 4.74 Å². The van der Waals surface area contributed by atoms with Crippen LogP contribution in [0.4, 0.5) is 0 Å². The molecule has 170 valence electrons. The number of nitrogens with zero attached hydrogens (tertiary/aromatic N) is 6. The van der Waals surface area contributed by atoms with Crippen LogP contribution in [0.15, 0.2) is 30.7 Å². The molecule has 1 aliphatic rings. The molecule has 2 bridgehead atoms. The number of hydrogen-bond donors (Lipinski definition) is 1. The summed E-state index contributed by atoms with van der Waals surface area (Å²) in [6.45, 7) is 6.92.